The molecule has 1 aliphatic carbocycles. The fraction of sp³-hybridized carbons (Fsp3) is 0.238. The van der Waals surface area contributed by atoms with Gasteiger partial charge in [0.2, 0.25) is 5.91 Å². The van der Waals surface area contributed by atoms with Crippen LogP contribution in [0.3, 0.4) is 0 Å². The molecule has 2 aliphatic rings. The van der Waals surface area contributed by atoms with Crippen molar-refractivity contribution in [2.75, 3.05) is 0 Å². The van der Waals surface area contributed by atoms with E-state index in [1.54, 1.807) is 6.07 Å². The van der Waals surface area contributed by atoms with Crippen LogP contribution in [0.2, 0.25) is 0 Å². The van der Waals surface area contributed by atoms with Crippen molar-refractivity contribution < 1.29 is 9.90 Å². The van der Waals surface area contributed by atoms with E-state index < -0.39 is 12.0 Å². The van der Waals surface area contributed by atoms with E-state index in [0.717, 1.165) is 29.7 Å². The van der Waals surface area contributed by atoms with Gasteiger partial charge in [-0.2, -0.15) is 0 Å². The van der Waals surface area contributed by atoms with E-state index in [9.17, 15) is 9.90 Å². The lowest BCUT2D eigenvalue weighted by atomic mass is 9.75. The number of carbonyl (C=O) groups excluding carboxylic acids is 1. The minimum absolute atomic E-state index is 0.0542. The van der Waals surface area contributed by atoms with Gasteiger partial charge in [0.25, 0.3) is 0 Å². The number of aryl methyl sites for hydroxylation is 1. The van der Waals surface area contributed by atoms with Gasteiger partial charge in [0, 0.05) is 17.0 Å². The second-order valence-corrected chi connectivity index (χ2v) is 7.14. The van der Waals surface area contributed by atoms with E-state index in [1.165, 1.54) is 11.1 Å². The topological polar surface area (TPSA) is 81.1 Å². The largest absolute Gasteiger partial charge is 0.388 e. The molecule has 1 aliphatic heterocycles. The quantitative estimate of drug-likeness (QED) is 0.749. The maximum Gasteiger partial charge on any atom is 0.248 e. The van der Waals surface area contributed by atoms with Gasteiger partial charge >= 0.3 is 0 Å². The molecule has 2 unspecified atom stereocenters. The van der Waals surface area contributed by atoms with Crippen LogP contribution in [0.5, 0.6) is 0 Å². The fourth-order valence-electron chi connectivity index (χ4n) is 4.62. The van der Waals surface area contributed by atoms with Gasteiger partial charge in [0.05, 0.1) is 30.4 Å². The molecule has 0 saturated carbocycles. The molecule has 0 fully saturated rings. The summed E-state index contributed by atoms with van der Waals surface area (Å²) in [6, 6.07) is 13.8. The van der Waals surface area contributed by atoms with E-state index in [4.69, 9.17) is 5.73 Å². The normalized spacial score (nSPS) is 23.2. The van der Waals surface area contributed by atoms with E-state index >= 15 is 0 Å². The molecule has 1 aromatic heterocycles. The van der Waals surface area contributed by atoms with Crippen LogP contribution in [-0.2, 0) is 6.42 Å². The van der Waals surface area contributed by atoms with Crippen molar-refractivity contribution in [1.82, 2.24) is 9.55 Å². The average Bonchev–Trinajstić information content (AvgIpc) is 3.23. The molecular formula is C21H19N3O2. The molecule has 2 aromatic carbocycles. The number of nitrogens with zero attached hydrogens (tertiary/aromatic N) is 2. The van der Waals surface area contributed by atoms with Gasteiger partial charge in [-0.3, -0.25) is 4.79 Å². The predicted molar refractivity (Wildman–Crippen MR) is 97.5 cm³/mol. The molecular weight excluding hydrogens is 326 g/mol. The average molecular weight is 345 g/mol. The van der Waals surface area contributed by atoms with Gasteiger partial charge in [-0.05, 0) is 41.7 Å². The van der Waals surface area contributed by atoms with Crippen molar-refractivity contribution in [2.45, 2.75) is 25.0 Å². The summed E-state index contributed by atoms with van der Waals surface area (Å²) in [5.74, 6) is -0.379. The number of imidazole rings is 1. The Hall–Kier alpha value is -2.92. The summed E-state index contributed by atoms with van der Waals surface area (Å²) in [7, 11) is 0. The molecule has 3 aromatic rings. The Bertz CT molecular complexity index is 1020. The molecule has 0 saturated heterocycles. The maximum atomic E-state index is 11.4. The molecule has 26 heavy (non-hydrogen) atoms. The van der Waals surface area contributed by atoms with Crippen molar-refractivity contribution in [2.24, 2.45) is 11.7 Å². The number of carbonyl (C=O) groups is 1. The smallest absolute Gasteiger partial charge is 0.248 e. The third kappa shape index (κ3) is 2.07. The molecule has 5 heteroatoms. The highest BCUT2D eigenvalue weighted by atomic mass is 16.3. The highest BCUT2D eigenvalue weighted by molar-refractivity contribution is 5.93. The molecule has 1 amide bonds. The molecule has 0 bridgehead atoms. The summed E-state index contributed by atoms with van der Waals surface area (Å²) in [4.78, 5) is 15.8. The fourth-order valence-corrected chi connectivity index (χ4v) is 4.62. The molecule has 3 atom stereocenters. The first-order valence-corrected chi connectivity index (χ1v) is 8.87. The van der Waals surface area contributed by atoms with Gasteiger partial charge in [-0.1, -0.05) is 30.3 Å². The van der Waals surface area contributed by atoms with Gasteiger partial charge in [-0.25, -0.2) is 4.98 Å². The number of hydrogen-bond donors (Lipinski definition) is 2. The lowest BCUT2D eigenvalue weighted by molar-refractivity contribution is 0.0719. The first kappa shape index (κ1) is 15.3. The van der Waals surface area contributed by atoms with Crippen LogP contribution in [0.25, 0.3) is 11.3 Å². The van der Waals surface area contributed by atoms with E-state index in [2.05, 4.69) is 21.7 Å². The number of nitrogens with two attached hydrogens (primary N) is 1. The Labute approximate surface area is 151 Å². The minimum Gasteiger partial charge on any atom is -0.388 e. The second-order valence-electron chi connectivity index (χ2n) is 7.14. The van der Waals surface area contributed by atoms with E-state index in [0.29, 0.717) is 5.56 Å². The number of aliphatic hydroxyl groups is 1. The lowest BCUT2D eigenvalue weighted by Gasteiger charge is -2.35. The Kier molecular flexibility index (Phi) is 3.27. The predicted octanol–water partition coefficient (Wildman–Crippen LogP) is 2.85. The number of fused-ring (bicyclic) bond motifs is 4. The molecule has 130 valence electrons. The van der Waals surface area contributed by atoms with Crippen molar-refractivity contribution in [3.8, 4) is 11.3 Å². The molecule has 0 spiro atoms. The van der Waals surface area contributed by atoms with Crippen molar-refractivity contribution >= 4 is 5.91 Å². The molecule has 3 N–H and O–H groups in total. The number of benzene rings is 2. The monoisotopic (exact) mass is 345 g/mol. The van der Waals surface area contributed by atoms with Gasteiger partial charge in [-0.15, -0.1) is 0 Å². The first-order valence-electron chi connectivity index (χ1n) is 8.87. The number of primary amides is 1. The summed E-state index contributed by atoms with van der Waals surface area (Å²) in [5.41, 5.74) is 11.3. The second kappa shape index (κ2) is 5.54. The van der Waals surface area contributed by atoms with Crippen molar-refractivity contribution in [3.63, 3.8) is 0 Å². The summed E-state index contributed by atoms with van der Waals surface area (Å²) in [5, 5.41) is 11.1. The number of aromatic nitrogens is 2. The van der Waals surface area contributed by atoms with Gasteiger partial charge in [0.15, 0.2) is 0 Å². The minimum atomic E-state index is -0.591. The summed E-state index contributed by atoms with van der Waals surface area (Å²) in [6.45, 7) is 0. The number of amides is 1. The Morgan fingerprint density at radius 1 is 1.19 bits per heavy atom. The SMILES string of the molecule is NC(=O)c1ccc2c(c1)CCC([C@H]1c3ccccc3-c3cncn31)C2O. The number of hydrogen-bond acceptors (Lipinski definition) is 3. The Morgan fingerprint density at radius 2 is 2.04 bits per heavy atom. The highest BCUT2D eigenvalue weighted by Crippen LogP contribution is 2.49. The zero-order valence-corrected chi connectivity index (χ0v) is 14.2. The van der Waals surface area contributed by atoms with Crippen molar-refractivity contribution in [1.29, 1.82) is 0 Å². The van der Waals surface area contributed by atoms with E-state index in [-0.39, 0.29) is 12.0 Å². The van der Waals surface area contributed by atoms with Crippen molar-refractivity contribution in [3.05, 3.63) is 77.2 Å². The third-order valence-electron chi connectivity index (χ3n) is 5.83. The number of aliphatic hydroxyl groups excluding tert-OH is 1. The lowest BCUT2D eigenvalue weighted by Crippen LogP contribution is -2.29. The van der Waals surface area contributed by atoms with Crippen LogP contribution in [0.4, 0.5) is 0 Å². The van der Waals surface area contributed by atoms with Crippen LogP contribution >= 0.6 is 0 Å². The molecule has 0 radical (unpaired) electrons. The number of rotatable bonds is 2. The standard InChI is InChI=1S/C21H19N3O2/c22-21(26)13-6-7-14-12(9-13)5-8-17(20(14)25)19-16-4-2-1-3-15(16)18-10-23-11-24(18)19/h1-4,6-7,9-11,17,19-20,25H,5,8H2,(H2,22,26)/t17?,19-,20?/m1/s1. The Balaban J connectivity index is 1.57. The van der Waals surface area contributed by atoms with E-state index in [1.807, 2.05) is 36.8 Å². The summed E-state index contributed by atoms with van der Waals surface area (Å²) >= 11 is 0. The molecule has 5 rings (SSSR count). The zero-order chi connectivity index (χ0) is 17.8. The van der Waals surface area contributed by atoms with Crippen LogP contribution < -0.4 is 5.73 Å². The van der Waals surface area contributed by atoms with Crippen LogP contribution in [-0.4, -0.2) is 20.6 Å². The van der Waals surface area contributed by atoms with Crippen LogP contribution in [0.15, 0.2) is 55.0 Å². The highest BCUT2D eigenvalue weighted by Gasteiger charge is 2.40. The Morgan fingerprint density at radius 3 is 2.88 bits per heavy atom. The summed E-state index contributed by atoms with van der Waals surface area (Å²) < 4.78 is 2.18. The van der Waals surface area contributed by atoms with Gasteiger partial charge in [0.1, 0.15) is 0 Å². The van der Waals surface area contributed by atoms with Crippen LogP contribution in [0, 0.1) is 5.92 Å². The van der Waals surface area contributed by atoms with Gasteiger partial charge < -0.3 is 15.4 Å². The zero-order valence-electron chi connectivity index (χ0n) is 14.2. The molecule has 2 heterocycles. The first-order chi connectivity index (χ1) is 12.6. The summed E-state index contributed by atoms with van der Waals surface area (Å²) in [6.07, 6.45) is 4.82. The van der Waals surface area contributed by atoms with Crippen LogP contribution in [0.1, 0.15) is 45.6 Å². The molecule has 5 nitrogen and oxygen atoms in total. The maximum absolute atomic E-state index is 11.4. The third-order valence-corrected chi connectivity index (χ3v) is 5.83.